The second-order valence-corrected chi connectivity index (χ2v) is 5.13. The molecule has 0 radical (unpaired) electrons. The molecule has 2 rings (SSSR count). The van der Waals surface area contributed by atoms with Crippen LogP contribution in [0.15, 0.2) is 41.1 Å². The van der Waals surface area contributed by atoms with E-state index in [0.29, 0.717) is 17.8 Å². The topological polar surface area (TPSA) is 68.0 Å². The fourth-order valence-electron chi connectivity index (χ4n) is 1.69. The molecule has 1 heterocycles. The van der Waals surface area contributed by atoms with E-state index < -0.39 is 0 Å². The third-order valence-corrected chi connectivity index (χ3v) is 3.34. The lowest BCUT2D eigenvalue weighted by Crippen LogP contribution is -2.24. The Morgan fingerprint density at radius 3 is 2.89 bits per heavy atom. The number of benzene rings is 1. The number of halogens is 1. The summed E-state index contributed by atoms with van der Waals surface area (Å²) in [5.41, 5.74) is 8.84. The van der Waals surface area contributed by atoms with Crippen LogP contribution in [0.25, 0.3) is 0 Å². The van der Waals surface area contributed by atoms with Crippen molar-refractivity contribution < 1.29 is 4.79 Å². The van der Waals surface area contributed by atoms with E-state index in [0.717, 1.165) is 15.6 Å². The van der Waals surface area contributed by atoms with Crippen molar-refractivity contribution in [2.75, 3.05) is 5.73 Å². The minimum atomic E-state index is -0.187. The lowest BCUT2D eigenvalue weighted by molar-refractivity contribution is 0.0951. The Morgan fingerprint density at radius 2 is 2.21 bits per heavy atom. The van der Waals surface area contributed by atoms with E-state index in [1.807, 2.05) is 13.0 Å². The SMILES string of the molecule is Cc1ccncc1CNC(=O)c1ccc(Br)cc1N. The fourth-order valence-corrected chi connectivity index (χ4v) is 2.07. The Labute approximate surface area is 120 Å². The minimum Gasteiger partial charge on any atom is -0.398 e. The summed E-state index contributed by atoms with van der Waals surface area (Å²) >= 11 is 3.31. The van der Waals surface area contributed by atoms with E-state index in [9.17, 15) is 4.79 Å². The van der Waals surface area contributed by atoms with Crippen LogP contribution in [-0.4, -0.2) is 10.9 Å². The molecule has 3 N–H and O–H groups in total. The van der Waals surface area contributed by atoms with Gasteiger partial charge in [0.25, 0.3) is 5.91 Å². The van der Waals surface area contributed by atoms with E-state index >= 15 is 0 Å². The fraction of sp³-hybridized carbons (Fsp3) is 0.143. The Balaban J connectivity index is 2.08. The van der Waals surface area contributed by atoms with Gasteiger partial charge in [0.15, 0.2) is 0 Å². The van der Waals surface area contributed by atoms with Gasteiger partial charge >= 0.3 is 0 Å². The van der Waals surface area contributed by atoms with Crippen LogP contribution < -0.4 is 11.1 Å². The van der Waals surface area contributed by atoms with Crippen molar-refractivity contribution in [2.45, 2.75) is 13.5 Å². The molecule has 0 atom stereocenters. The quantitative estimate of drug-likeness (QED) is 0.855. The second kappa shape index (κ2) is 5.84. The largest absolute Gasteiger partial charge is 0.398 e. The van der Waals surface area contributed by atoms with Crippen LogP contribution in [0.5, 0.6) is 0 Å². The Bertz CT molecular complexity index is 613. The van der Waals surface area contributed by atoms with E-state index in [2.05, 4.69) is 26.2 Å². The van der Waals surface area contributed by atoms with E-state index in [4.69, 9.17) is 5.73 Å². The molecule has 1 aromatic carbocycles. The predicted molar refractivity (Wildman–Crippen MR) is 78.7 cm³/mol. The zero-order chi connectivity index (χ0) is 13.8. The summed E-state index contributed by atoms with van der Waals surface area (Å²) in [6.07, 6.45) is 3.48. The van der Waals surface area contributed by atoms with Gasteiger partial charge in [0.05, 0.1) is 5.56 Å². The van der Waals surface area contributed by atoms with Crippen LogP contribution in [0.4, 0.5) is 5.69 Å². The summed E-state index contributed by atoms with van der Waals surface area (Å²) in [5.74, 6) is -0.187. The lowest BCUT2D eigenvalue weighted by Gasteiger charge is -2.09. The molecule has 0 aliphatic heterocycles. The maximum Gasteiger partial charge on any atom is 0.253 e. The zero-order valence-electron chi connectivity index (χ0n) is 10.5. The smallest absolute Gasteiger partial charge is 0.253 e. The number of pyridine rings is 1. The lowest BCUT2D eigenvalue weighted by atomic mass is 10.1. The average Bonchev–Trinajstić information content (AvgIpc) is 2.37. The summed E-state index contributed by atoms with van der Waals surface area (Å²) in [4.78, 5) is 16.1. The minimum absolute atomic E-state index is 0.187. The zero-order valence-corrected chi connectivity index (χ0v) is 12.1. The summed E-state index contributed by atoms with van der Waals surface area (Å²) in [6.45, 7) is 2.42. The monoisotopic (exact) mass is 319 g/mol. The average molecular weight is 320 g/mol. The highest BCUT2D eigenvalue weighted by molar-refractivity contribution is 9.10. The number of rotatable bonds is 3. The number of amides is 1. The summed E-state index contributed by atoms with van der Waals surface area (Å²) in [5, 5.41) is 2.84. The highest BCUT2D eigenvalue weighted by Gasteiger charge is 2.10. The molecule has 0 bridgehead atoms. The van der Waals surface area contributed by atoms with E-state index in [1.165, 1.54) is 0 Å². The molecule has 0 saturated carbocycles. The number of anilines is 1. The van der Waals surface area contributed by atoms with Crippen molar-refractivity contribution in [2.24, 2.45) is 0 Å². The van der Waals surface area contributed by atoms with Gasteiger partial charge in [0, 0.05) is 29.1 Å². The van der Waals surface area contributed by atoms with E-state index in [-0.39, 0.29) is 5.91 Å². The number of hydrogen-bond acceptors (Lipinski definition) is 3. The third-order valence-electron chi connectivity index (χ3n) is 2.85. The van der Waals surface area contributed by atoms with Gasteiger partial charge in [-0.3, -0.25) is 9.78 Å². The van der Waals surface area contributed by atoms with Crippen LogP contribution >= 0.6 is 15.9 Å². The molecular formula is C14H14BrN3O. The van der Waals surface area contributed by atoms with Gasteiger partial charge in [-0.2, -0.15) is 0 Å². The van der Waals surface area contributed by atoms with Gasteiger partial charge in [0.1, 0.15) is 0 Å². The van der Waals surface area contributed by atoms with Gasteiger partial charge in [-0.25, -0.2) is 0 Å². The van der Waals surface area contributed by atoms with Gasteiger partial charge in [-0.15, -0.1) is 0 Å². The summed E-state index contributed by atoms with van der Waals surface area (Å²) in [7, 11) is 0. The molecule has 98 valence electrons. The van der Waals surface area contributed by atoms with Crippen LogP contribution in [0.3, 0.4) is 0 Å². The first-order chi connectivity index (χ1) is 9.08. The number of nitrogens with two attached hydrogens (primary N) is 1. The van der Waals surface area contributed by atoms with E-state index in [1.54, 1.807) is 30.6 Å². The summed E-state index contributed by atoms with van der Waals surface area (Å²) < 4.78 is 0.852. The van der Waals surface area contributed by atoms with Crippen molar-refractivity contribution in [3.05, 3.63) is 57.8 Å². The molecule has 2 aromatic rings. The highest BCUT2D eigenvalue weighted by atomic mass is 79.9. The maximum absolute atomic E-state index is 12.0. The first kappa shape index (κ1) is 13.5. The van der Waals surface area contributed by atoms with Crippen molar-refractivity contribution in [1.82, 2.24) is 10.3 Å². The van der Waals surface area contributed by atoms with Crippen molar-refractivity contribution in [1.29, 1.82) is 0 Å². The first-order valence-corrected chi connectivity index (χ1v) is 6.60. The Morgan fingerprint density at radius 1 is 1.42 bits per heavy atom. The molecule has 0 saturated heterocycles. The number of nitrogen functional groups attached to an aromatic ring is 1. The number of carbonyl (C=O) groups excluding carboxylic acids is 1. The highest BCUT2D eigenvalue weighted by Crippen LogP contribution is 2.18. The van der Waals surface area contributed by atoms with Gasteiger partial charge < -0.3 is 11.1 Å². The first-order valence-electron chi connectivity index (χ1n) is 5.80. The number of aromatic nitrogens is 1. The number of hydrogen-bond donors (Lipinski definition) is 2. The predicted octanol–water partition coefficient (Wildman–Crippen LogP) is 2.66. The normalized spacial score (nSPS) is 10.2. The molecule has 5 heteroatoms. The van der Waals surface area contributed by atoms with Crippen molar-refractivity contribution >= 4 is 27.5 Å². The molecule has 19 heavy (non-hydrogen) atoms. The molecule has 0 fully saturated rings. The summed E-state index contributed by atoms with van der Waals surface area (Å²) in [6, 6.07) is 7.12. The van der Waals surface area contributed by atoms with Gasteiger partial charge in [-0.1, -0.05) is 15.9 Å². The van der Waals surface area contributed by atoms with Crippen molar-refractivity contribution in [3.8, 4) is 0 Å². The number of carbonyl (C=O) groups is 1. The Hall–Kier alpha value is -1.88. The molecule has 1 aromatic heterocycles. The molecular weight excluding hydrogens is 306 g/mol. The molecule has 0 aliphatic rings. The van der Waals surface area contributed by atoms with Crippen LogP contribution in [0.2, 0.25) is 0 Å². The molecule has 0 unspecified atom stereocenters. The standard InChI is InChI=1S/C14H14BrN3O/c1-9-4-5-17-7-10(9)8-18-14(19)12-3-2-11(15)6-13(12)16/h2-7H,8,16H2,1H3,(H,18,19). The van der Waals surface area contributed by atoms with Gasteiger partial charge in [0.2, 0.25) is 0 Å². The van der Waals surface area contributed by atoms with Crippen LogP contribution in [0, 0.1) is 6.92 Å². The molecule has 4 nitrogen and oxygen atoms in total. The maximum atomic E-state index is 12.0. The molecule has 1 amide bonds. The van der Waals surface area contributed by atoms with Crippen LogP contribution in [0.1, 0.15) is 21.5 Å². The number of nitrogens with one attached hydrogen (secondary N) is 1. The third kappa shape index (κ3) is 3.32. The second-order valence-electron chi connectivity index (χ2n) is 4.22. The number of nitrogens with zero attached hydrogens (tertiary/aromatic N) is 1. The van der Waals surface area contributed by atoms with Crippen molar-refractivity contribution in [3.63, 3.8) is 0 Å². The van der Waals surface area contributed by atoms with Gasteiger partial charge in [-0.05, 0) is 42.3 Å². The molecule has 0 spiro atoms. The number of aryl methyl sites for hydroxylation is 1. The Kier molecular flexibility index (Phi) is 4.16. The van der Waals surface area contributed by atoms with Crippen LogP contribution in [-0.2, 0) is 6.54 Å². The molecule has 0 aliphatic carbocycles.